The van der Waals surface area contributed by atoms with Gasteiger partial charge in [0.25, 0.3) is 0 Å². The molecule has 4 heteroatoms. The van der Waals surface area contributed by atoms with E-state index < -0.39 is 5.54 Å². The Hall–Kier alpha value is -0.610. The minimum atomic E-state index is -0.802. The van der Waals surface area contributed by atoms with Crippen LogP contribution >= 0.6 is 0 Å². The second-order valence-corrected chi connectivity index (χ2v) is 4.11. The molecule has 74 valence electrons. The Kier molecular flexibility index (Phi) is 1.85. The van der Waals surface area contributed by atoms with Crippen molar-refractivity contribution in [2.75, 3.05) is 13.7 Å². The highest BCUT2D eigenvalue weighted by atomic mass is 16.5. The molecule has 0 radical (unpaired) electrons. The number of hydrogen-bond acceptors (Lipinski definition) is 4. The summed E-state index contributed by atoms with van der Waals surface area (Å²) in [4.78, 5) is 11.4. The average Bonchev–Trinajstić information content (AvgIpc) is 2.83. The number of nitrogens with two attached hydrogens (primary N) is 1. The van der Waals surface area contributed by atoms with E-state index in [2.05, 4.69) is 0 Å². The molecule has 1 saturated heterocycles. The molecule has 2 rings (SSSR count). The molecule has 2 fully saturated rings. The minimum Gasteiger partial charge on any atom is -0.468 e. The molecular weight excluding hydrogens is 170 g/mol. The molecule has 13 heavy (non-hydrogen) atoms. The molecule has 2 aliphatic rings. The first-order valence-corrected chi connectivity index (χ1v) is 4.62. The zero-order valence-electron chi connectivity index (χ0n) is 7.84. The highest BCUT2D eigenvalue weighted by Gasteiger charge is 2.55. The number of esters is 1. The van der Waals surface area contributed by atoms with Gasteiger partial charge in [0, 0.05) is 13.0 Å². The van der Waals surface area contributed by atoms with Crippen molar-refractivity contribution in [1.29, 1.82) is 0 Å². The quantitative estimate of drug-likeness (QED) is 0.593. The number of hydrogen-bond donors (Lipinski definition) is 1. The predicted molar refractivity (Wildman–Crippen MR) is 46.1 cm³/mol. The Morgan fingerprint density at radius 1 is 1.46 bits per heavy atom. The molecule has 2 N–H and O–H groups in total. The van der Waals surface area contributed by atoms with Gasteiger partial charge in [0.05, 0.1) is 12.7 Å². The SMILES string of the molecule is COC(=O)C1(N)CCOC2(CC2)C1. The number of ether oxygens (including phenoxy) is 2. The lowest BCUT2D eigenvalue weighted by Gasteiger charge is -2.35. The predicted octanol–water partition coefficient (Wildman–Crippen LogP) is 0.200. The summed E-state index contributed by atoms with van der Waals surface area (Å²) in [5.74, 6) is -0.304. The summed E-state index contributed by atoms with van der Waals surface area (Å²) >= 11 is 0. The van der Waals surface area contributed by atoms with Crippen LogP contribution in [0.1, 0.15) is 25.7 Å². The Labute approximate surface area is 77.4 Å². The van der Waals surface area contributed by atoms with Crippen LogP contribution in [0.5, 0.6) is 0 Å². The molecule has 1 spiro atoms. The van der Waals surface area contributed by atoms with Gasteiger partial charge in [-0.3, -0.25) is 4.79 Å². The van der Waals surface area contributed by atoms with Crippen molar-refractivity contribution in [3.63, 3.8) is 0 Å². The fraction of sp³-hybridized carbons (Fsp3) is 0.889. The van der Waals surface area contributed by atoms with Gasteiger partial charge >= 0.3 is 5.97 Å². The highest BCUT2D eigenvalue weighted by Crippen LogP contribution is 2.48. The fourth-order valence-corrected chi connectivity index (χ4v) is 2.00. The normalized spacial score (nSPS) is 35.8. The van der Waals surface area contributed by atoms with Crippen molar-refractivity contribution in [2.45, 2.75) is 36.8 Å². The van der Waals surface area contributed by atoms with Crippen LogP contribution in [0.25, 0.3) is 0 Å². The first-order valence-electron chi connectivity index (χ1n) is 4.62. The van der Waals surface area contributed by atoms with Gasteiger partial charge in [0.1, 0.15) is 5.54 Å². The maximum Gasteiger partial charge on any atom is 0.326 e. The first-order chi connectivity index (χ1) is 6.10. The average molecular weight is 185 g/mol. The Bertz CT molecular complexity index is 237. The van der Waals surface area contributed by atoms with Gasteiger partial charge < -0.3 is 15.2 Å². The van der Waals surface area contributed by atoms with Crippen LogP contribution in [0.4, 0.5) is 0 Å². The molecule has 0 aromatic carbocycles. The van der Waals surface area contributed by atoms with Gasteiger partial charge in [0.15, 0.2) is 0 Å². The van der Waals surface area contributed by atoms with Crippen molar-refractivity contribution in [3.05, 3.63) is 0 Å². The van der Waals surface area contributed by atoms with Crippen LogP contribution < -0.4 is 5.73 Å². The molecule has 0 aromatic heterocycles. The molecule has 1 saturated carbocycles. The third kappa shape index (κ3) is 1.44. The lowest BCUT2D eigenvalue weighted by molar-refractivity contribution is -0.154. The Morgan fingerprint density at radius 3 is 2.69 bits per heavy atom. The van der Waals surface area contributed by atoms with E-state index in [0.717, 1.165) is 12.8 Å². The summed E-state index contributed by atoms with van der Waals surface area (Å²) in [5.41, 5.74) is 5.09. The standard InChI is InChI=1S/C9H15NO3/c1-12-7(11)9(10)4-5-13-8(6-9)2-3-8/h2-6,10H2,1H3. The van der Waals surface area contributed by atoms with E-state index in [-0.39, 0.29) is 11.6 Å². The van der Waals surface area contributed by atoms with Crippen molar-refractivity contribution in [2.24, 2.45) is 5.73 Å². The molecule has 1 atom stereocenters. The summed E-state index contributed by atoms with van der Waals surface area (Å²) < 4.78 is 10.3. The number of rotatable bonds is 1. The summed E-state index contributed by atoms with van der Waals surface area (Å²) in [6.45, 7) is 0.575. The lowest BCUT2D eigenvalue weighted by atomic mass is 9.86. The molecule has 0 amide bonds. The third-order valence-electron chi connectivity index (χ3n) is 2.99. The molecule has 0 bridgehead atoms. The Balaban J connectivity index is 2.09. The summed E-state index contributed by atoms with van der Waals surface area (Å²) in [7, 11) is 1.38. The van der Waals surface area contributed by atoms with E-state index in [1.807, 2.05) is 0 Å². The molecule has 1 aliphatic carbocycles. The van der Waals surface area contributed by atoms with Crippen molar-refractivity contribution in [3.8, 4) is 0 Å². The number of carbonyl (C=O) groups is 1. The van der Waals surface area contributed by atoms with Crippen molar-refractivity contribution in [1.82, 2.24) is 0 Å². The Morgan fingerprint density at radius 2 is 2.15 bits per heavy atom. The second-order valence-electron chi connectivity index (χ2n) is 4.11. The highest BCUT2D eigenvalue weighted by molar-refractivity contribution is 5.80. The largest absolute Gasteiger partial charge is 0.468 e. The molecular formula is C9H15NO3. The van der Waals surface area contributed by atoms with Gasteiger partial charge in [-0.2, -0.15) is 0 Å². The zero-order valence-corrected chi connectivity index (χ0v) is 7.84. The fourth-order valence-electron chi connectivity index (χ4n) is 2.00. The van der Waals surface area contributed by atoms with Crippen molar-refractivity contribution < 1.29 is 14.3 Å². The lowest BCUT2D eigenvalue weighted by Crippen LogP contribution is -2.55. The zero-order chi connectivity index (χ0) is 9.53. The van der Waals surface area contributed by atoms with E-state index >= 15 is 0 Å². The molecule has 1 heterocycles. The second kappa shape index (κ2) is 2.69. The topological polar surface area (TPSA) is 61.5 Å². The van der Waals surface area contributed by atoms with E-state index in [9.17, 15) is 4.79 Å². The summed E-state index contributed by atoms with van der Waals surface area (Å²) in [6, 6.07) is 0. The molecule has 4 nitrogen and oxygen atoms in total. The van der Waals surface area contributed by atoms with Crippen LogP contribution in [0, 0.1) is 0 Å². The summed E-state index contributed by atoms with van der Waals surface area (Å²) in [5, 5.41) is 0. The maximum absolute atomic E-state index is 11.4. The molecule has 0 aromatic rings. The maximum atomic E-state index is 11.4. The van der Waals surface area contributed by atoms with E-state index in [4.69, 9.17) is 15.2 Å². The van der Waals surface area contributed by atoms with Gasteiger partial charge in [-0.25, -0.2) is 0 Å². The van der Waals surface area contributed by atoms with E-state index in [0.29, 0.717) is 19.4 Å². The van der Waals surface area contributed by atoms with Crippen LogP contribution in [0.3, 0.4) is 0 Å². The van der Waals surface area contributed by atoms with Gasteiger partial charge in [0.2, 0.25) is 0 Å². The van der Waals surface area contributed by atoms with Crippen LogP contribution in [0.2, 0.25) is 0 Å². The monoisotopic (exact) mass is 185 g/mol. The molecule has 1 aliphatic heterocycles. The van der Waals surface area contributed by atoms with Gasteiger partial charge in [-0.15, -0.1) is 0 Å². The smallest absolute Gasteiger partial charge is 0.326 e. The van der Waals surface area contributed by atoms with Crippen LogP contribution in [-0.2, 0) is 14.3 Å². The van der Waals surface area contributed by atoms with Gasteiger partial charge in [-0.05, 0) is 19.3 Å². The van der Waals surface area contributed by atoms with E-state index in [1.54, 1.807) is 0 Å². The van der Waals surface area contributed by atoms with E-state index in [1.165, 1.54) is 7.11 Å². The minimum absolute atomic E-state index is 0.0822. The van der Waals surface area contributed by atoms with Crippen molar-refractivity contribution >= 4 is 5.97 Å². The van der Waals surface area contributed by atoms with Crippen LogP contribution in [0.15, 0.2) is 0 Å². The first kappa shape index (κ1) is 8.97. The van der Waals surface area contributed by atoms with Crippen LogP contribution in [-0.4, -0.2) is 30.8 Å². The van der Waals surface area contributed by atoms with Gasteiger partial charge in [-0.1, -0.05) is 0 Å². The number of carbonyl (C=O) groups excluding carboxylic acids is 1. The molecule has 1 unspecified atom stereocenters. The summed E-state index contributed by atoms with van der Waals surface area (Å²) in [6.07, 6.45) is 3.25. The number of methoxy groups -OCH3 is 1. The third-order valence-corrected chi connectivity index (χ3v) is 2.99.